The number of nitrogens with zero attached hydrogens (tertiary/aromatic N) is 2. The van der Waals surface area contributed by atoms with E-state index in [-0.39, 0.29) is 42.8 Å². The number of rotatable bonds is 10. The first-order valence-electron chi connectivity index (χ1n) is 15.0. The highest BCUT2D eigenvalue weighted by atomic mass is 16.5. The predicted molar refractivity (Wildman–Crippen MR) is 153 cm³/mol. The van der Waals surface area contributed by atoms with E-state index in [0.29, 0.717) is 31.1 Å². The van der Waals surface area contributed by atoms with Crippen LogP contribution >= 0.6 is 0 Å². The highest BCUT2D eigenvalue weighted by Gasteiger charge is 2.50. The van der Waals surface area contributed by atoms with Gasteiger partial charge < -0.3 is 35.5 Å². The molecule has 3 heterocycles. The van der Waals surface area contributed by atoms with E-state index in [2.05, 4.69) is 20.9 Å². The van der Waals surface area contributed by atoms with Gasteiger partial charge in [-0.25, -0.2) is 4.79 Å². The van der Waals surface area contributed by atoms with Gasteiger partial charge in [-0.05, 0) is 68.6 Å². The van der Waals surface area contributed by atoms with E-state index < -0.39 is 29.7 Å². The Morgan fingerprint density at radius 3 is 2.71 bits per heavy atom. The van der Waals surface area contributed by atoms with Crippen LogP contribution in [0.25, 0.3) is 10.9 Å². The number of hydrogen-bond donors (Lipinski definition) is 4. The Morgan fingerprint density at radius 1 is 1.12 bits per heavy atom. The normalized spacial score (nSPS) is 24.2. The number of carbonyl (C=O) groups excluding carboxylic acids is 5. The third kappa shape index (κ3) is 5.54. The third-order valence-corrected chi connectivity index (χ3v) is 9.12. The Kier molecular flexibility index (Phi) is 7.78. The molecule has 0 unspecified atom stereocenters. The first kappa shape index (κ1) is 28.0. The number of nitrogens with one attached hydrogen (secondary N) is 4. The Balaban J connectivity index is 1.22. The predicted octanol–water partition coefficient (Wildman–Crippen LogP) is 1.56. The van der Waals surface area contributed by atoms with Gasteiger partial charge in [0.15, 0.2) is 0 Å². The maximum Gasteiger partial charge on any atom is 0.317 e. The van der Waals surface area contributed by atoms with Gasteiger partial charge in [0.1, 0.15) is 17.5 Å². The fourth-order valence-corrected chi connectivity index (χ4v) is 6.77. The van der Waals surface area contributed by atoms with Crippen LogP contribution in [0.1, 0.15) is 55.4 Å². The zero-order valence-corrected chi connectivity index (χ0v) is 23.8. The fraction of sp³-hybridized carbons (Fsp3) is 0.567. The molecule has 1 aromatic carbocycles. The number of fused-ring (bicyclic) bond motifs is 2. The summed E-state index contributed by atoms with van der Waals surface area (Å²) in [6.07, 6.45) is 5.24. The molecule has 2 saturated carbocycles. The highest BCUT2D eigenvalue weighted by Crippen LogP contribution is 2.43. The number of aromatic nitrogens is 1. The maximum atomic E-state index is 14.0. The number of carbonyl (C=O) groups is 5. The molecule has 12 nitrogen and oxygen atoms in total. The van der Waals surface area contributed by atoms with E-state index in [4.69, 9.17) is 4.74 Å². The van der Waals surface area contributed by atoms with Gasteiger partial charge in [0.25, 0.3) is 11.8 Å². The summed E-state index contributed by atoms with van der Waals surface area (Å²) < 4.78 is 5.45. The van der Waals surface area contributed by atoms with Crippen LogP contribution in [-0.4, -0.2) is 95.7 Å². The molecule has 4 atom stereocenters. The average molecular weight is 579 g/mol. The molecule has 0 radical (unpaired) electrons. The third-order valence-electron chi connectivity index (χ3n) is 9.12. The largest absolute Gasteiger partial charge is 0.496 e. The molecule has 1 aromatic heterocycles. The lowest BCUT2D eigenvalue weighted by molar-refractivity contribution is -0.140. The molecule has 2 aliphatic carbocycles. The number of urea groups is 1. The Morgan fingerprint density at radius 2 is 1.95 bits per heavy atom. The van der Waals surface area contributed by atoms with E-state index in [1.807, 2.05) is 18.2 Å². The van der Waals surface area contributed by atoms with E-state index in [0.717, 1.165) is 49.4 Å². The smallest absolute Gasteiger partial charge is 0.317 e. The Bertz CT molecular complexity index is 1400. The summed E-state index contributed by atoms with van der Waals surface area (Å²) in [6, 6.07) is 5.16. The van der Waals surface area contributed by atoms with Crippen molar-refractivity contribution in [1.82, 2.24) is 30.7 Å². The van der Waals surface area contributed by atoms with Gasteiger partial charge >= 0.3 is 6.03 Å². The molecule has 2 aliphatic heterocycles. The number of hydrogen-bond acceptors (Lipinski definition) is 6. The zero-order valence-electron chi connectivity index (χ0n) is 23.8. The first-order valence-corrected chi connectivity index (χ1v) is 15.0. The van der Waals surface area contributed by atoms with Crippen LogP contribution in [0.3, 0.4) is 0 Å². The Hall–Kier alpha value is -4.09. The number of amides is 5. The van der Waals surface area contributed by atoms with Crippen molar-refractivity contribution in [3.8, 4) is 5.75 Å². The molecule has 12 heteroatoms. The van der Waals surface area contributed by atoms with Crippen LogP contribution in [0, 0.1) is 11.8 Å². The van der Waals surface area contributed by atoms with E-state index >= 15 is 0 Å². The molecule has 4 fully saturated rings. The summed E-state index contributed by atoms with van der Waals surface area (Å²) in [5.41, 5.74) is 1.12. The second-order valence-electron chi connectivity index (χ2n) is 11.9. The van der Waals surface area contributed by atoms with Crippen molar-refractivity contribution >= 4 is 40.4 Å². The molecule has 2 saturated heterocycles. The molecule has 224 valence electrons. The number of likely N-dealkylation sites (tertiary alicyclic amines) is 1. The highest BCUT2D eigenvalue weighted by molar-refractivity contribution is 6.38. The molecule has 42 heavy (non-hydrogen) atoms. The molecule has 2 aromatic rings. The van der Waals surface area contributed by atoms with E-state index in [9.17, 15) is 24.0 Å². The van der Waals surface area contributed by atoms with Crippen molar-refractivity contribution in [1.29, 1.82) is 0 Å². The summed E-state index contributed by atoms with van der Waals surface area (Å²) in [4.78, 5) is 72.6. The summed E-state index contributed by atoms with van der Waals surface area (Å²) >= 11 is 0. The molecular weight excluding hydrogens is 540 g/mol. The van der Waals surface area contributed by atoms with Gasteiger partial charge in [0.2, 0.25) is 11.7 Å². The van der Waals surface area contributed by atoms with Crippen LogP contribution < -0.4 is 20.7 Å². The van der Waals surface area contributed by atoms with Gasteiger partial charge in [-0.2, -0.15) is 0 Å². The Labute approximate surface area is 243 Å². The summed E-state index contributed by atoms with van der Waals surface area (Å²) in [5, 5.41) is 9.13. The zero-order chi connectivity index (χ0) is 29.4. The topological polar surface area (TPSA) is 153 Å². The van der Waals surface area contributed by atoms with E-state index in [1.165, 1.54) is 0 Å². The lowest BCUT2D eigenvalue weighted by Gasteiger charge is -2.31. The molecule has 6 rings (SSSR count). The molecule has 0 bridgehead atoms. The van der Waals surface area contributed by atoms with Crippen molar-refractivity contribution < 1.29 is 28.7 Å². The molecule has 4 N–H and O–H groups in total. The van der Waals surface area contributed by atoms with Crippen molar-refractivity contribution in [2.45, 2.75) is 63.1 Å². The molecule has 5 amide bonds. The lowest BCUT2D eigenvalue weighted by Crippen LogP contribution is -2.56. The molecule has 4 aliphatic rings. The first-order chi connectivity index (χ1) is 20.3. The summed E-state index contributed by atoms with van der Waals surface area (Å²) in [5.74, 6) is -1.38. The van der Waals surface area contributed by atoms with Gasteiger partial charge in [-0.15, -0.1) is 0 Å². The van der Waals surface area contributed by atoms with E-state index in [1.54, 1.807) is 23.0 Å². The van der Waals surface area contributed by atoms with Crippen LogP contribution in [0.2, 0.25) is 0 Å². The van der Waals surface area contributed by atoms with Gasteiger partial charge in [-0.3, -0.25) is 19.2 Å². The standard InChI is InChI=1S/C30H38N6O6/c1-42-24-8-3-7-21-20(24)15-23(33-21)29(40)36-16-17-5-2-6-19(17)25(36)27(38)34-22(26(37)28(39)32-18-9-10-18)11-14-35-13-4-12-31-30(35)41/h3,7-8,15,17-19,22,25,33H,2,4-6,9-14,16H2,1H3,(H,31,41)(H,32,39)(H,34,38)/t17-,19-,22-,25-/m0/s1. The number of ether oxygens (including phenoxy) is 1. The number of Topliss-reactive ketones (excluding diaryl/α,β-unsaturated/α-hetero) is 1. The SMILES string of the molecule is COc1cccc2[nH]c(C(=O)N3C[C@@H]4CCC[C@@H]4[C@H]3C(=O)N[C@@H](CCN3CCCNC3=O)C(=O)C(=O)NC3CC3)cc12. The van der Waals surface area contributed by atoms with Crippen molar-refractivity contribution in [2.75, 3.05) is 33.3 Å². The van der Waals surface area contributed by atoms with Crippen molar-refractivity contribution in [3.63, 3.8) is 0 Å². The van der Waals surface area contributed by atoms with Gasteiger partial charge in [0.05, 0.1) is 13.2 Å². The van der Waals surface area contributed by atoms with Crippen molar-refractivity contribution in [3.05, 3.63) is 30.0 Å². The lowest BCUT2D eigenvalue weighted by atomic mass is 9.93. The fourth-order valence-electron chi connectivity index (χ4n) is 6.77. The molecule has 0 spiro atoms. The number of H-pyrrole nitrogens is 1. The number of methoxy groups -OCH3 is 1. The summed E-state index contributed by atoms with van der Waals surface area (Å²) in [7, 11) is 1.58. The second-order valence-corrected chi connectivity index (χ2v) is 11.9. The number of benzene rings is 1. The monoisotopic (exact) mass is 578 g/mol. The van der Waals surface area contributed by atoms with Gasteiger partial charge in [0, 0.05) is 43.1 Å². The minimum absolute atomic E-state index is 0.0113. The van der Waals surface area contributed by atoms with Gasteiger partial charge in [-0.1, -0.05) is 12.5 Å². The van der Waals surface area contributed by atoms with Crippen molar-refractivity contribution in [2.24, 2.45) is 11.8 Å². The summed E-state index contributed by atoms with van der Waals surface area (Å²) in [6.45, 7) is 1.80. The maximum absolute atomic E-state index is 14.0. The van der Waals surface area contributed by atoms with Crippen LogP contribution in [0.5, 0.6) is 5.75 Å². The minimum atomic E-state index is -1.11. The quantitative estimate of drug-likeness (QED) is 0.314. The van der Waals surface area contributed by atoms with Crippen LogP contribution in [-0.2, 0) is 14.4 Å². The second kappa shape index (κ2) is 11.7. The number of aromatic amines is 1. The minimum Gasteiger partial charge on any atom is -0.496 e. The average Bonchev–Trinajstić information content (AvgIpc) is 3.35. The molecular formula is C30H38N6O6. The number of ketones is 1. The van der Waals surface area contributed by atoms with Crippen LogP contribution in [0.4, 0.5) is 4.79 Å². The van der Waals surface area contributed by atoms with Crippen LogP contribution in [0.15, 0.2) is 24.3 Å².